The Morgan fingerprint density at radius 1 is 1.61 bits per heavy atom. The highest BCUT2D eigenvalue weighted by atomic mass is 19.1. The van der Waals surface area contributed by atoms with Crippen molar-refractivity contribution in [1.82, 2.24) is 10.6 Å². The highest BCUT2D eigenvalue weighted by Gasteiger charge is 2.27. The van der Waals surface area contributed by atoms with Gasteiger partial charge in [-0.25, -0.2) is 0 Å². The molecule has 0 radical (unpaired) electrons. The first-order valence-electron chi connectivity index (χ1n) is 5.89. The Kier molecular flexibility index (Phi) is 3.58. The lowest BCUT2D eigenvalue weighted by Gasteiger charge is -2.24. The fourth-order valence-electron chi connectivity index (χ4n) is 2.09. The SMILES string of the molecule is CC1(NCc2ccc([N+](=O)[O-])c(F)c2)CCNC1. The van der Waals surface area contributed by atoms with E-state index in [1.807, 2.05) is 0 Å². The van der Waals surface area contributed by atoms with Gasteiger partial charge in [0.2, 0.25) is 5.82 Å². The van der Waals surface area contributed by atoms with Crippen LogP contribution in [0, 0.1) is 15.9 Å². The van der Waals surface area contributed by atoms with Crippen LogP contribution >= 0.6 is 0 Å². The Balaban J connectivity index is 2.02. The van der Waals surface area contributed by atoms with Gasteiger partial charge in [0.25, 0.3) is 0 Å². The highest BCUT2D eigenvalue weighted by molar-refractivity contribution is 5.35. The molecule has 2 rings (SSSR count). The van der Waals surface area contributed by atoms with Crippen molar-refractivity contribution in [3.05, 3.63) is 39.7 Å². The van der Waals surface area contributed by atoms with Crippen LogP contribution in [0.25, 0.3) is 0 Å². The zero-order valence-corrected chi connectivity index (χ0v) is 10.2. The summed E-state index contributed by atoms with van der Waals surface area (Å²) in [6, 6.07) is 4.01. The summed E-state index contributed by atoms with van der Waals surface area (Å²) in [6.45, 7) is 4.46. The molecule has 1 saturated heterocycles. The Labute approximate surface area is 105 Å². The third-order valence-electron chi connectivity index (χ3n) is 3.30. The largest absolute Gasteiger partial charge is 0.315 e. The summed E-state index contributed by atoms with van der Waals surface area (Å²) in [5.74, 6) is -0.783. The summed E-state index contributed by atoms with van der Waals surface area (Å²) in [7, 11) is 0. The topological polar surface area (TPSA) is 67.2 Å². The molecule has 0 spiro atoms. The molecule has 18 heavy (non-hydrogen) atoms. The molecule has 2 N–H and O–H groups in total. The molecule has 0 saturated carbocycles. The molecular formula is C12H16FN3O2. The summed E-state index contributed by atoms with van der Waals surface area (Å²) in [4.78, 5) is 9.78. The number of hydrogen-bond acceptors (Lipinski definition) is 4. The summed E-state index contributed by atoms with van der Waals surface area (Å²) >= 11 is 0. The van der Waals surface area contributed by atoms with E-state index in [0.717, 1.165) is 19.5 Å². The van der Waals surface area contributed by atoms with Gasteiger partial charge in [-0.3, -0.25) is 10.1 Å². The fourth-order valence-corrected chi connectivity index (χ4v) is 2.09. The molecule has 98 valence electrons. The lowest BCUT2D eigenvalue weighted by Crippen LogP contribution is -2.43. The number of benzene rings is 1. The van der Waals surface area contributed by atoms with Crippen molar-refractivity contribution < 1.29 is 9.31 Å². The molecule has 0 amide bonds. The third-order valence-corrected chi connectivity index (χ3v) is 3.30. The summed E-state index contributed by atoms with van der Waals surface area (Å²) in [5, 5.41) is 17.1. The van der Waals surface area contributed by atoms with Crippen LogP contribution in [0.4, 0.5) is 10.1 Å². The maximum Gasteiger partial charge on any atom is 0.304 e. The minimum Gasteiger partial charge on any atom is -0.315 e. The van der Waals surface area contributed by atoms with E-state index in [1.165, 1.54) is 12.1 Å². The molecule has 0 aliphatic carbocycles. The Bertz CT molecular complexity index is 459. The van der Waals surface area contributed by atoms with Gasteiger partial charge in [0.05, 0.1) is 4.92 Å². The second kappa shape index (κ2) is 4.99. The van der Waals surface area contributed by atoms with Crippen molar-refractivity contribution in [3.63, 3.8) is 0 Å². The molecule has 5 nitrogen and oxygen atoms in total. The zero-order chi connectivity index (χ0) is 13.2. The third kappa shape index (κ3) is 2.83. The van der Waals surface area contributed by atoms with Crippen LogP contribution in [0.2, 0.25) is 0 Å². The van der Waals surface area contributed by atoms with Crippen LogP contribution in [-0.2, 0) is 6.54 Å². The molecule has 1 aromatic carbocycles. The van der Waals surface area contributed by atoms with Gasteiger partial charge in [-0.15, -0.1) is 0 Å². The Morgan fingerprint density at radius 2 is 2.39 bits per heavy atom. The van der Waals surface area contributed by atoms with E-state index < -0.39 is 16.4 Å². The van der Waals surface area contributed by atoms with E-state index >= 15 is 0 Å². The van der Waals surface area contributed by atoms with Crippen molar-refractivity contribution >= 4 is 5.69 Å². The molecule has 1 unspecified atom stereocenters. The maximum atomic E-state index is 13.4. The van der Waals surface area contributed by atoms with Crippen molar-refractivity contribution in [2.45, 2.75) is 25.4 Å². The van der Waals surface area contributed by atoms with E-state index in [1.54, 1.807) is 6.07 Å². The number of nitrogens with one attached hydrogen (secondary N) is 2. The van der Waals surface area contributed by atoms with Crippen molar-refractivity contribution in [1.29, 1.82) is 0 Å². The number of nitro benzene ring substituents is 1. The van der Waals surface area contributed by atoms with Crippen molar-refractivity contribution in [2.24, 2.45) is 0 Å². The number of hydrogen-bond donors (Lipinski definition) is 2. The molecule has 0 bridgehead atoms. The van der Waals surface area contributed by atoms with E-state index in [2.05, 4.69) is 17.6 Å². The highest BCUT2D eigenvalue weighted by Crippen LogP contribution is 2.19. The molecule has 6 heteroatoms. The van der Waals surface area contributed by atoms with E-state index in [-0.39, 0.29) is 5.54 Å². The normalized spacial score (nSPS) is 23.2. The van der Waals surface area contributed by atoms with Crippen LogP contribution < -0.4 is 10.6 Å². The average Bonchev–Trinajstić information content (AvgIpc) is 2.74. The number of rotatable bonds is 4. The monoisotopic (exact) mass is 253 g/mol. The van der Waals surface area contributed by atoms with Gasteiger partial charge in [-0.2, -0.15) is 4.39 Å². The standard InChI is InChI=1S/C12H16FN3O2/c1-12(4-5-14-8-12)15-7-9-2-3-11(16(17)18)10(13)6-9/h2-3,6,14-15H,4-5,7-8H2,1H3. The molecule has 1 heterocycles. The van der Waals surface area contributed by atoms with Gasteiger partial charge in [0.1, 0.15) is 0 Å². The van der Waals surface area contributed by atoms with Crippen LogP contribution in [0.5, 0.6) is 0 Å². The minimum atomic E-state index is -0.783. The quantitative estimate of drug-likeness (QED) is 0.631. The maximum absolute atomic E-state index is 13.4. The first-order valence-corrected chi connectivity index (χ1v) is 5.89. The molecular weight excluding hydrogens is 237 g/mol. The van der Waals surface area contributed by atoms with E-state index in [9.17, 15) is 14.5 Å². The van der Waals surface area contributed by atoms with Gasteiger partial charge < -0.3 is 10.6 Å². The molecule has 1 aliphatic heterocycles. The first kappa shape index (κ1) is 12.9. The molecule has 1 aliphatic rings. The first-order chi connectivity index (χ1) is 8.50. The predicted molar refractivity (Wildman–Crippen MR) is 65.8 cm³/mol. The molecule has 1 fully saturated rings. The number of nitrogens with zero attached hydrogens (tertiary/aromatic N) is 1. The molecule has 0 aromatic heterocycles. The van der Waals surface area contributed by atoms with Gasteiger partial charge in [0, 0.05) is 24.7 Å². The Hall–Kier alpha value is -1.53. The van der Waals surface area contributed by atoms with Gasteiger partial charge in [-0.1, -0.05) is 6.07 Å². The second-order valence-corrected chi connectivity index (χ2v) is 4.88. The fraction of sp³-hybridized carbons (Fsp3) is 0.500. The Morgan fingerprint density at radius 3 is 2.94 bits per heavy atom. The van der Waals surface area contributed by atoms with Gasteiger partial charge in [0.15, 0.2) is 0 Å². The predicted octanol–water partition coefficient (Wildman–Crippen LogP) is 1.58. The number of halogens is 1. The van der Waals surface area contributed by atoms with Crippen LogP contribution in [0.15, 0.2) is 18.2 Å². The lowest BCUT2D eigenvalue weighted by molar-refractivity contribution is -0.387. The van der Waals surface area contributed by atoms with Crippen LogP contribution in [0.1, 0.15) is 18.9 Å². The lowest BCUT2D eigenvalue weighted by atomic mass is 10.0. The molecule has 1 aromatic rings. The summed E-state index contributed by atoms with van der Waals surface area (Å²) in [6.07, 6.45) is 1.02. The van der Waals surface area contributed by atoms with E-state index in [4.69, 9.17) is 0 Å². The van der Waals surface area contributed by atoms with Crippen molar-refractivity contribution in [3.8, 4) is 0 Å². The van der Waals surface area contributed by atoms with E-state index in [0.29, 0.717) is 12.1 Å². The molecule has 1 atom stereocenters. The van der Waals surface area contributed by atoms with Crippen LogP contribution in [0.3, 0.4) is 0 Å². The second-order valence-electron chi connectivity index (χ2n) is 4.88. The summed E-state index contributed by atoms with van der Waals surface area (Å²) in [5.41, 5.74) is 0.247. The van der Waals surface area contributed by atoms with Crippen molar-refractivity contribution in [2.75, 3.05) is 13.1 Å². The average molecular weight is 253 g/mol. The smallest absolute Gasteiger partial charge is 0.304 e. The zero-order valence-electron chi connectivity index (χ0n) is 10.2. The van der Waals surface area contributed by atoms with Crippen LogP contribution in [-0.4, -0.2) is 23.6 Å². The van der Waals surface area contributed by atoms with Gasteiger partial charge >= 0.3 is 5.69 Å². The summed E-state index contributed by atoms with van der Waals surface area (Å²) < 4.78 is 13.4. The van der Waals surface area contributed by atoms with Gasteiger partial charge in [-0.05, 0) is 31.5 Å². The minimum absolute atomic E-state index is 0.0122. The number of nitro groups is 1.